The molecule has 0 atom stereocenters. The van der Waals surface area contributed by atoms with Crippen molar-refractivity contribution in [3.8, 4) is 0 Å². The SMILES string of the molecule is Nc1cc(F)c(Nc2cccc(F)c2)c(F)c1. The van der Waals surface area contributed by atoms with Gasteiger partial charge in [-0.25, -0.2) is 13.2 Å². The average molecular weight is 238 g/mol. The van der Waals surface area contributed by atoms with E-state index in [2.05, 4.69) is 5.32 Å². The summed E-state index contributed by atoms with van der Waals surface area (Å²) in [6.07, 6.45) is 0. The summed E-state index contributed by atoms with van der Waals surface area (Å²) >= 11 is 0. The molecule has 0 radical (unpaired) electrons. The summed E-state index contributed by atoms with van der Waals surface area (Å²) < 4.78 is 39.7. The van der Waals surface area contributed by atoms with Gasteiger partial charge in [-0.05, 0) is 30.3 Å². The highest BCUT2D eigenvalue weighted by Crippen LogP contribution is 2.25. The molecule has 3 N–H and O–H groups in total. The Morgan fingerprint density at radius 3 is 2.18 bits per heavy atom. The molecular weight excluding hydrogens is 229 g/mol. The van der Waals surface area contributed by atoms with Crippen LogP contribution in [0.1, 0.15) is 0 Å². The van der Waals surface area contributed by atoms with Crippen LogP contribution < -0.4 is 11.1 Å². The van der Waals surface area contributed by atoms with Crippen LogP contribution >= 0.6 is 0 Å². The second-order valence-electron chi connectivity index (χ2n) is 3.49. The molecule has 2 aromatic rings. The van der Waals surface area contributed by atoms with Crippen LogP contribution in [0.5, 0.6) is 0 Å². The first-order valence-electron chi connectivity index (χ1n) is 4.83. The molecule has 0 aromatic heterocycles. The van der Waals surface area contributed by atoms with Gasteiger partial charge in [0.1, 0.15) is 11.5 Å². The number of nitrogen functional groups attached to an aromatic ring is 1. The monoisotopic (exact) mass is 238 g/mol. The van der Waals surface area contributed by atoms with E-state index in [0.717, 1.165) is 18.2 Å². The van der Waals surface area contributed by atoms with Gasteiger partial charge in [0.25, 0.3) is 0 Å². The van der Waals surface area contributed by atoms with E-state index in [0.29, 0.717) is 0 Å². The number of nitrogens with two attached hydrogens (primary N) is 1. The van der Waals surface area contributed by atoms with E-state index >= 15 is 0 Å². The van der Waals surface area contributed by atoms with Crippen molar-refractivity contribution < 1.29 is 13.2 Å². The van der Waals surface area contributed by atoms with Crippen LogP contribution in [0.2, 0.25) is 0 Å². The highest BCUT2D eigenvalue weighted by atomic mass is 19.1. The van der Waals surface area contributed by atoms with Crippen molar-refractivity contribution in [3.05, 3.63) is 53.8 Å². The molecule has 17 heavy (non-hydrogen) atoms. The first-order chi connectivity index (χ1) is 8.06. The molecule has 2 nitrogen and oxygen atoms in total. The Labute approximate surface area is 95.9 Å². The number of benzene rings is 2. The number of nitrogens with one attached hydrogen (secondary N) is 1. The lowest BCUT2D eigenvalue weighted by atomic mass is 10.2. The lowest BCUT2D eigenvalue weighted by Crippen LogP contribution is -1.99. The van der Waals surface area contributed by atoms with Crippen molar-refractivity contribution in [3.63, 3.8) is 0 Å². The molecule has 0 bridgehead atoms. The summed E-state index contributed by atoms with van der Waals surface area (Å²) in [5.41, 5.74) is 5.17. The molecule has 0 saturated heterocycles. The fourth-order valence-corrected chi connectivity index (χ4v) is 1.42. The molecule has 2 aromatic carbocycles. The van der Waals surface area contributed by atoms with Gasteiger partial charge in [-0.3, -0.25) is 0 Å². The fourth-order valence-electron chi connectivity index (χ4n) is 1.42. The highest BCUT2D eigenvalue weighted by molar-refractivity contribution is 5.63. The Balaban J connectivity index is 2.36. The van der Waals surface area contributed by atoms with E-state index in [1.165, 1.54) is 18.2 Å². The van der Waals surface area contributed by atoms with Crippen molar-refractivity contribution in [1.29, 1.82) is 0 Å². The highest BCUT2D eigenvalue weighted by Gasteiger charge is 2.10. The zero-order chi connectivity index (χ0) is 12.4. The van der Waals surface area contributed by atoms with E-state index in [1.807, 2.05) is 0 Å². The molecule has 88 valence electrons. The molecule has 0 amide bonds. The number of anilines is 3. The molecular formula is C12H9F3N2. The van der Waals surface area contributed by atoms with Crippen LogP contribution in [-0.4, -0.2) is 0 Å². The maximum atomic E-state index is 13.4. The maximum absolute atomic E-state index is 13.4. The summed E-state index contributed by atoms with van der Waals surface area (Å²) in [4.78, 5) is 0. The lowest BCUT2D eigenvalue weighted by Gasteiger charge is -2.09. The van der Waals surface area contributed by atoms with Crippen LogP contribution in [0.25, 0.3) is 0 Å². The van der Waals surface area contributed by atoms with Gasteiger partial charge in [-0.15, -0.1) is 0 Å². The molecule has 0 unspecified atom stereocenters. The largest absolute Gasteiger partial charge is 0.399 e. The first kappa shape index (κ1) is 11.3. The van der Waals surface area contributed by atoms with Gasteiger partial charge in [0.05, 0.1) is 0 Å². The Morgan fingerprint density at radius 1 is 0.941 bits per heavy atom. The average Bonchev–Trinajstić information content (AvgIpc) is 2.23. The Bertz CT molecular complexity index is 532. The first-order valence-corrected chi connectivity index (χ1v) is 4.83. The van der Waals surface area contributed by atoms with Crippen LogP contribution in [0.15, 0.2) is 36.4 Å². The molecule has 0 aliphatic heterocycles. The van der Waals surface area contributed by atoms with Crippen molar-refractivity contribution in [2.75, 3.05) is 11.1 Å². The normalized spacial score (nSPS) is 10.3. The Morgan fingerprint density at radius 2 is 1.59 bits per heavy atom. The van der Waals surface area contributed by atoms with Gasteiger partial charge < -0.3 is 11.1 Å². The lowest BCUT2D eigenvalue weighted by molar-refractivity contribution is 0.591. The molecule has 0 fully saturated rings. The van der Waals surface area contributed by atoms with E-state index in [9.17, 15) is 13.2 Å². The van der Waals surface area contributed by atoms with E-state index in [4.69, 9.17) is 5.73 Å². The number of halogens is 3. The number of hydrogen-bond donors (Lipinski definition) is 2. The van der Waals surface area contributed by atoms with Crippen LogP contribution in [-0.2, 0) is 0 Å². The predicted molar refractivity (Wildman–Crippen MR) is 60.5 cm³/mol. The number of rotatable bonds is 2. The molecule has 0 spiro atoms. The Kier molecular flexibility index (Phi) is 2.91. The third kappa shape index (κ3) is 2.50. The molecule has 5 heteroatoms. The zero-order valence-electron chi connectivity index (χ0n) is 8.68. The quantitative estimate of drug-likeness (QED) is 0.786. The summed E-state index contributed by atoms with van der Waals surface area (Å²) in [6.45, 7) is 0. The van der Waals surface area contributed by atoms with E-state index in [1.54, 1.807) is 0 Å². The third-order valence-corrected chi connectivity index (χ3v) is 2.16. The van der Waals surface area contributed by atoms with Crippen LogP contribution in [0.3, 0.4) is 0 Å². The minimum atomic E-state index is -0.827. The second-order valence-corrected chi connectivity index (χ2v) is 3.49. The smallest absolute Gasteiger partial charge is 0.151 e. The minimum absolute atomic E-state index is 0.00945. The zero-order valence-corrected chi connectivity index (χ0v) is 8.68. The van der Waals surface area contributed by atoms with Crippen molar-refractivity contribution in [1.82, 2.24) is 0 Å². The maximum Gasteiger partial charge on any atom is 0.151 e. The van der Waals surface area contributed by atoms with Gasteiger partial charge in [-0.1, -0.05) is 6.07 Å². The van der Waals surface area contributed by atoms with E-state index in [-0.39, 0.29) is 17.1 Å². The molecule has 0 heterocycles. The fraction of sp³-hybridized carbons (Fsp3) is 0. The summed E-state index contributed by atoms with van der Waals surface area (Å²) in [5.74, 6) is -2.15. The minimum Gasteiger partial charge on any atom is -0.399 e. The third-order valence-electron chi connectivity index (χ3n) is 2.16. The van der Waals surface area contributed by atoms with Gasteiger partial charge in [0.15, 0.2) is 11.6 Å². The molecule has 0 aliphatic carbocycles. The number of hydrogen-bond acceptors (Lipinski definition) is 2. The molecule has 0 aliphatic rings. The van der Waals surface area contributed by atoms with Crippen molar-refractivity contribution >= 4 is 17.1 Å². The van der Waals surface area contributed by atoms with Gasteiger partial charge >= 0.3 is 0 Å². The summed E-state index contributed by atoms with van der Waals surface area (Å²) in [5, 5.41) is 2.46. The topological polar surface area (TPSA) is 38.0 Å². The van der Waals surface area contributed by atoms with Gasteiger partial charge in [0, 0.05) is 11.4 Å². The van der Waals surface area contributed by atoms with Crippen molar-refractivity contribution in [2.24, 2.45) is 0 Å². The van der Waals surface area contributed by atoms with Crippen molar-refractivity contribution in [2.45, 2.75) is 0 Å². The summed E-state index contributed by atoms with van der Waals surface area (Å²) in [7, 11) is 0. The van der Waals surface area contributed by atoms with Crippen LogP contribution in [0, 0.1) is 17.5 Å². The van der Waals surface area contributed by atoms with E-state index < -0.39 is 17.5 Å². The van der Waals surface area contributed by atoms with Gasteiger partial charge in [0.2, 0.25) is 0 Å². The standard InChI is InChI=1S/C12H9F3N2/c13-7-2-1-3-9(4-7)17-12-10(14)5-8(16)6-11(12)15/h1-6,17H,16H2. The predicted octanol–water partition coefficient (Wildman–Crippen LogP) is 3.43. The molecule has 0 saturated carbocycles. The van der Waals surface area contributed by atoms with Gasteiger partial charge in [-0.2, -0.15) is 0 Å². The molecule has 2 rings (SSSR count). The summed E-state index contributed by atoms with van der Waals surface area (Å²) in [6, 6.07) is 7.29. The Hall–Kier alpha value is -2.17. The van der Waals surface area contributed by atoms with Crippen LogP contribution in [0.4, 0.5) is 30.2 Å². The second kappa shape index (κ2) is 4.37.